The summed E-state index contributed by atoms with van der Waals surface area (Å²) in [5.41, 5.74) is -0.0608. The standard InChI is InChI=1S/C34H61N3O5/c1-4-5-6-7-11-16-22-29(2)42-30(39)23-17-12-10-14-19-26-37(25-18-13-8-9-15-20-28-38)27-21-24-36-32-31(35-3)33(40)34(32)41/h28-29,35-36H,4-27H2,1-3H3. The van der Waals surface area contributed by atoms with Crippen molar-refractivity contribution < 1.29 is 14.3 Å². The number of carbonyl (C=O) groups excluding carboxylic acids is 2. The lowest BCUT2D eigenvalue weighted by Crippen LogP contribution is -2.37. The maximum atomic E-state index is 12.2. The summed E-state index contributed by atoms with van der Waals surface area (Å²) >= 11 is 0. The molecule has 0 fully saturated rings. The monoisotopic (exact) mass is 591 g/mol. The van der Waals surface area contributed by atoms with E-state index in [1.807, 2.05) is 6.92 Å². The third-order valence-corrected chi connectivity index (χ3v) is 8.06. The summed E-state index contributed by atoms with van der Waals surface area (Å²) in [7, 11) is 1.66. The van der Waals surface area contributed by atoms with E-state index in [9.17, 15) is 19.2 Å². The molecule has 0 aliphatic heterocycles. The van der Waals surface area contributed by atoms with Gasteiger partial charge in [0.05, 0.1) is 6.10 Å². The van der Waals surface area contributed by atoms with Crippen molar-refractivity contribution in [2.45, 2.75) is 148 Å². The van der Waals surface area contributed by atoms with Gasteiger partial charge in [0, 0.05) is 26.4 Å². The van der Waals surface area contributed by atoms with Gasteiger partial charge in [0.25, 0.3) is 10.9 Å². The number of aldehydes is 1. The molecule has 0 aliphatic rings. The molecule has 0 spiro atoms. The summed E-state index contributed by atoms with van der Waals surface area (Å²) in [6.07, 6.45) is 22.6. The van der Waals surface area contributed by atoms with Crippen molar-refractivity contribution in [2.75, 3.05) is 43.9 Å². The Labute approximate surface area is 255 Å². The van der Waals surface area contributed by atoms with Crippen LogP contribution in [0.3, 0.4) is 0 Å². The van der Waals surface area contributed by atoms with Gasteiger partial charge in [-0.3, -0.25) is 14.4 Å². The summed E-state index contributed by atoms with van der Waals surface area (Å²) in [6, 6.07) is 0. The van der Waals surface area contributed by atoms with E-state index in [1.165, 1.54) is 44.9 Å². The van der Waals surface area contributed by atoms with Crippen LogP contribution >= 0.6 is 0 Å². The first-order chi connectivity index (χ1) is 20.4. The molecule has 0 aromatic heterocycles. The predicted octanol–water partition coefficient (Wildman–Crippen LogP) is 6.99. The zero-order valence-corrected chi connectivity index (χ0v) is 27.1. The Bertz CT molecular complexity index is 896. The Morgan fingerprint density at radius 2 is 1.31 bits per heavy atom. The van der Waals surface area contributed by atoms with Crippen molar-refractivity contribution in [3.05, 3.63) is 20.4 Å². The van der Waals surface area contributed by atoms with Gasteiger partial charge in [-0.25, -0.2) is 0 Å². The summed E-state index contributed by atoms with van der Waals surface area (Å²) in [6.45, 7) is 7.96. The highest BCUT2D eigenvalue weighted by Gasteiger charge is 2.18. The average molecular weight is 592 g/mol. The third-order valence-electron chi connectivity index (χ3n) is 8.06. The number of anilines is 2. The first kappa shape index (κ1) is 37.8. The number of rotatable bonds is 30. The smallest absolute Gasteiger partial charge is 0.306 e. The summed E-state index contributed by atoms with van der Waals surface area (Å²) in [5.74, 6) is -0.0509. The highest BCUT2D eigenvalue weighted by atomic mass is 16.5. The van der Waals surface area contributed by atoms with Crippen LogP contribution in [0.4, 0.5) is 11.4 Å². The van der Waals surface area contributed by atoms with E-state index >= 15 is 0 Å². The first-order valence-electron chi connectivity index (χ1n) is 17.0. The van der Waals surface area contributed by atoms with Crippen LogP contribution in [0.5, 0.6) is 0 Å². The molecule has 0 bridgehead atoms. The Balaban J connectivity index is 2.21. The fourth-order valence-corrected chi connectivity index (χ4v) is 5.43. The third kappa shape index (κ3) is 17.7. The van der Waals surface area contributed by atoms with Crippen molar-refractivity contribution in [3.63, 3.8) is 0 Å². The summed E-state index contributed by atoms with van der Waals surface area (Å²) in [5, 5.41) is 5.94. The first-order valence-corrected chi connectivity index (χ1v) is 17.0. The van der Waals surface area contributed by atoms with Gasteiger partial charge in [0.2, 0.25) is 0 Å². The molecule has 2 N–H and O–H groups in total. The largest absolute Gasteiger partial charge is 0.463 e. The average Bonchev–Trinajstić information content (AvgIpc) is 2.98. The fourth-order valence-electron chi connectivity index (χ4n) is 5.43. The summed E-state index contributed by atoms with van der Waals surface area (Å²) < 4.78 is 5.60. The van der Waals surface area contributed by atoms with Crippen molar-refractivity contribution in [1.29, 1.82) is 0 Å². The Kier molecular flexibility index (Phi) is 22.8. The van der Waals surface area contributed by atoms with E-state index in [0.29, 0.717) is 30.8 Å². The molecule has 0 aliphatic carbocycles. The number of unbranched alkanes of at least 4 members (excludes halogenated alkanes) is 14. The molecular weight excluding hydrogens is 530 g/mol. The minimum absolute atomic E-state index is 0.0278. The number of hydrogen-bond donors (Lipinski definition) is 2. The van der Waals surface area contributed by atoms with Crippen LogP contribution < -0.4 is 21.5 Å². The molecule has 0 radical (unpaired) electrons. The predicted molar refractivity (Wildman–Crippen MR) is 175 cm³/mol. The van der Waals surface area contributed by atoms with Gasteiger partial charge < -0.3 is 25.1 Å². The Morgan fingerprint density at radius 3 is 1.95 bits per heavy atom. The van der Waals surface area contributed by atoms with Crippen molar-refractivity contribution in [1.82, 2.24) is 4.90 Å². The second-order valence-electron chi connectivity index (χ2n) is 11.9. The lowest BCUT2D eigenvalue weighted by Gasteiger charge is -2.23. The lowest BCUT2D eigenvalue weighted by molar-refractivity contribution is -0.148. The number of ether oxygens (including phenoxy) is 1. The number of esters is 1. The highest BCUT2D eigenvalue weighted by molar-refractivity contribution is 5.73. The normalized spacial score (nSPS) is 12.1. The lowest BCUT2D eigenvalue weighted by atomic mass is 10.1. The molecule has 0 saturated carbocycles. The minimum atomic E-state index is -0.440. The van der Waals surface area contributed by atoms with E-state index in [0.717, 1.165) is 96.5 Å². The van der Waals surface area contributed by atoms with Crippen LogP contribution in [0, 0.1) is 0 Å². The number of nitrogens with zero attached hydrogens (tertiary/aromatic N) is 1. The van der Waals surface area contributed by atoms with Gasteiger partial charge in [-0.05, 0) is 71.5 Å². The van der Waals surface area contributed by atoms with E-state index in [-0.39, 0.29) is 12.1 Å². The second-order valence-corrected chi connectivity index (χ2v) is 11.9. The molecule has 0 heterocycles. The zero-order chi connectivity index (χ0) is 30.8. The summed E-state index contributed by atoms with van der Waals surface area (Å²) in [4.78, 5) is 48.5. The van der Waals surface area contributed by atoms with Crippen molar-refractivity contribution >= 4 is 23.6 Å². The Morgan fingerprint density at radius 1 is 0.762 bits per heavy atom. The van der Waals surface area contributed by atoms with Crippen LogP contribution in [-0.2, 0) is 14.3 Å². The van der Waals surface area contributed by atoms with Gasteiger partial charge in [-0.1, -0.05) is 77.6 Å². The van der Waals surface area contributed by atoms with E-state index < -0.39 is 10.9 Å². The number of nitrogens with one attached hydrogen (secondary N) is 2. The molecule has 42 heavy (non-hydrogen) atoms. The van der Waals surface area contributed by atoms with Crippen LogP contribution in [0.2, 0.25) is 0 Å². The van der Waals surface area contributed by atoms with E-state index in [1.54, 1.807) is 7.05 Å². The SMILES string of the molecule is CCCCCCCCC(C)OC(=O)CCCCCCCN(CCCCCCCC=O)CCCNc1c(NC)c(=O)c1=O. The molecule has 0 saturated heterocycles. The quantitative estimate of drug-likeness (QED) is 0.0427. The fraction of sp³-hybridized carbons (Fsp3) is 0.824. The van der Waals surface area contributed by atoms with Crippen LogP contribution in [-0.4, -0.2) is 56.5 Å². The molecule has 8 nitrogen and oxygen atoms in total. The van der Waals surface area contributed by atoms with Crippen molar-refractivity contribution in [3.8, 4) is 0 Å². The van der Waals surface area contributed by atoms with Crippen molar-refractivity contribution in [2.24, 2.45) is 0 Å². The molecular formula is C34H61N3O5. The maximum absolute atomic E-state index is 12.2. The zero-order valence-electron chi connectivity index (χ0n) is 27.1. The molecule has 1 aromatic carbocycles. The molecule has 1 rings (SSSR count). The van der Waals surface area contributed by atoms with E-state index in [4.69, 9.17) is 4.74 Å². The van der Waals surface area contributed by atoms with Gasteiger partial charge >= 0.3 is 5.97 Å². The van der Waals surface area contributed by atoms with Gasteiger partial charge in [-0.15, -0.1) is 0 Å². The second kappa shape index (κ2) is 25.3. The molecule has 8 heteroatoms. The topological polar surface area (TPSA) is 105 Å². The van der Waals surface area contributed by atoms with Gasteiger partial charge in [-0.2, -0.15) is 0 Å². The molecule has 0 amide bonds. The molecule has 1 aromatic rings. The van der Waals surface area contributed by atoms with E-state index in [2.05, 4.69) is 22.5 Å². The van der Waals surface area contributed by atoms with Gasteiger partial charge in [0.1, 0.15) is 17.7 Å². The van der Waals surface area contributed by atoms with Crippen LogP contribution in [0.15, 0.2) is 9.59 Å². The number of carbonyl (C=O) groups is 2. The minimum Gasteiger partial charge on any atom is -0.463 e. The molecule has 1 atom stereocenters. The number of hydrogen-bond acceptors (Lipinski definition) is 8. The molecule has 242 valence electrons. The molecule has 1 unspecified atom stereocenters. The highest BCUT2D eigenvalue weighted by Crippen LogP contribution is 2.15. The van der Waals surface area contributed by atoms with Crippen LogP contribution in [0.1, 0.15) is 142 Å². The van der Waals surface area contributed by atoms with Crippen LogP contribution in [0.25, 0.3) is 0 Å². The van der Waals surface area contributed by atoms with Gasteiger partial charge in [0.15, 0.2) is 0 Å². The maximum Gasteiger partial charge on any atom is 0.306 e. The Hall–Kier alpha value is -2.22.